The number of halogens is 1. The third-order valence-corrected chi connectivity index (χ3v) is 3.98. The first-order valence-electron chi connectivity index (χ1n) is 8.22. The molecule has 5 heteroatoms. The summed E-state index contributed by atoms with van der Waals surface area (Å²) in [6, 6.07) is 18.6. The van der Waals surface area contributed by atoms with Crippen LogP contribution in [0.25, 0.3) is 0 Å². The van der Waals surface area contributed by atoms with Gasteiger partial charge in [-0.15, -0.1) is 0 Å². The topological polar surface area (TPSA) is 55.1 Å². The predicted molar refractivity (Wildman–Crippen MR) is 101 cm³/mol. The van der Waals surface area contributed by atoms with E-state index >= 15 is 0 Å². The van der Waals surface area contributed by atoms with Crippen LogP contribution in [0.3, 0.4) is 0 Å². The minimum Gasteiger partial charge on any atom is -0.473 e. The van der Waals surface area contributed by atoms with Crippen molar-refractivity contribution in [2.45, 2.75) is 20.0 Å². The summed E-state index contributed by atoms with van der Waals surface area (Å²) < 4.78 is 11.7. The molecule has 3 aromatic rings. The average Bonchev–Trinajstić information content (AvgIpc) is 2.67. The number of benzene rings is 2. The summed E-state index contributed by atoms with van der Waals surface area (Å²) >= 11 is 6.05. The Morgan fingerprint density at radius 1 is 1.12 bits per heavy atom. The molecule has 4 nitrogen and oxygen atoms in total. The number of ether oxygens (including phenoxy) is 2. The molecule has 1 heterocycles. The first-order valence-corrected chi connectivity index (χ1v) is 8.60. The minimum atomic E-state index is 0.425. The van der Waals surface area contributed by atoms with E-state index in [2.05, 4.69) is 11.1 Å². The zero-order chi connectivity index (χ0) is 18.4. The van der Waals surface area contributed by atoms with Crippen molar-refractivity contribution in [2.24, 2.45) is 0 Å². The van der Waals surface area contributed by atoms with Crippen LogP contribution in [0.15, 0.2) is 60.8 Å². The summed E-state index contributed by atoms with van der Waals surface area (Å²) in [7, 11) is 0. The monoisotopic (exact) mass is 364 g/mol. The second-order valence-electron chi connectivity index (χ2n) is 5.65. The quantitative estimate of drug-likeness (QED) is 0.576. The highest BCUT2D eigenvalue weighted by Crippen LogP contribution is 2.31. The van der Waals surface area contributed by atoms with Gasteiger partial charge in [-0.1, -0.05) is 48.9 Å². The molecule has 26 heavy (non-hydrogen) atoms. The summed E-state index contributed by atoms with van der Waals surface area (Å²) in [4.78, 5) is 4.34. The van der Waals surface area contributed by atoms with Crippen molar-refractivity contribution in [1.29, 1.82) is 5.26 Å². The fraction of sp³-hybridized carbons (Fsp3) is 0.143. The van der Waals surface area contributed by atoms with Crippen LogP contribution >= 0.6 is 11.6 Å². The lowest BCUT2D eigenvalue weighted by Gasteiger charge is -2.12. The average molecular weight is 365 g/mol. The van der Waals surface area contributed by atoms with Gasteiger partial charge in [-0.25, -0.2) is 4.98 Å². The van der Waals surface area contributed by atoms with Gasteiger partial charge in [0.25, 0.3) is 0 Å². The van der Waals surface area contributed by atoms with Crippen LogP contribution in [0.2, 0.25) is 5.02 Å². The summed E-state index contributed by atoms with van der Waals surface area (Å²) in [5.41, 5.74) is 2.44. The van der Waals surface area contributed by atoms with Crippen molar-refractivity contribution in [2.75, 3.05) is 0 Å². The van der Waals surface area contributed by atoms with Gasteiger partial charge >= 0.3 is 0 Å². The molecule has 0 fully saturated rings. The minimum absolute atomic E-state index is 0.425. The van der Waals surface area contributed by atoms with E-state index in [0.29, 0.717) is 34.6 Å². The van der Waals surface area contributed by atoms with Gasteiger partial charge in [0.05, 0.1) is 11.6 Å². The van der Waals surface area contributed by atoms with Crippen LogP contribution < -0.4 is 9.47 Å². The number of nitrogens with zero attached hydrogens (tertiary/aromatic N) is 2. The summed E-state index contributed by atoms with van der Waals surface area (Å²) in [5.74, 6) is 1.62. The highest BCUT2D eigenvalue weighted by molar-refractivity contribution is 6.30. The number of nitriles is 1. The largest absolute Gasteiger partial charge is 0.473 e. The Balaban J connectivity index is 1.81. The van der Waals surface area contributed by atoms with Crippen molar-refractivity contribution in [1.82, 2.24) is 4.98 Å². The maximum atomic E-state index is 9.08. The Kier molecular flexibility index (Phi) is 5.73. The first-order chi connectivity index (χ1) is 12.7. The van der Waals surface area contributed by atoms with Crippen molar-refractivity contribution < 1.29 is 9.47 Å². The molecule has 0 N–H and O–H groups in total. The SMILES string of the molecule is CCc1cnc(OCc2ccccc2)cc1Oc1cc(Cl)cc(C#N)c1. The second kappa shape index (κ2) is 8.37. The lowest BCUT2D eigenvalue weighted by Crippen LogP contribution is -1.99. The van der Waals surface area contributed by atoms with E-state index in [1.807, 2.05) is 37.3 Å². The highest BCUT2D eigenvalue weighted by Gasteiger charge is 2.09. The summed E-state index contributed by atoms with van der Waals surface area (Å²) in [5, 5.41) is 9.53. The highest BCUT2D eigenvalue weighted by atomic mass is 35.5. The third kappa shape index (κ3) is 4.53. The number of aryl methyl sites for hydroxylation is 1. The lowest BCUT2D eigenvalue weighted by molar-refractivity contribution is 0.292. The zero-order valence-electron chi connectivity index (χ0n) is 14.3. The van der Waals surface area contributed by atoms with Crippen LogP contribution in [0.1, 0.15) is 23.6 Å². The number of hydrogen-bond acceptors (Lipinski definition) is 4. The van der Waals surface area contributed by atoms with Gasteiger partial charge in [-0.3, -0.25) is 0 Å². The van der Waals surface area contributed by atoms with Crippen molar-refractivity contribution in [3.8, 4) is 23.4 Å². The molecule has 0 saturated carbocycles. The van der Waals surface area contributed by atoms with E-state index < -0.39 is 0 Å². The molecular formula is C21H17ClN2O2. The van der Waals surface area contributed by atoms with Gasteiger partial charge in [0.1, 0.15) is 18.1 Å². The van der Waals surface area contributed by atoms with Gasteiger partial charge in [0.2, 0.25) is 5.88 Å². The Morgan fingerprint density at radius 2 is 1.92 bits per heavy atom. The molecule has 3 rings (SSSR count). The fourth-order valence-electron chi connectivity index (χ4n) is 2.43. The number of rotatable bonds is 6. The Bertz CT molecular complexity index is 936. The predicted octanol–water partition coefficient (Wildman–Crippen LogP) is 5.54. The van der Waals surface area contributed by atoms with Crippen molar-refractivity contribution in [3.05, 3.63) is 82.5 Å². The van der Waals surface area contributed by atoms with E-state index in [-0.39, 0.29) is 0 Å². The third-order valence-electron chi connectivity index (χ3n) is 3.76. The number of aromatic nitrogens is 1. The molecule has 0 aliphatic rings. The van der Waals surface area contributed by atoms with Gasteiger partial charge in [0.15, 0.2) is 0 Å². The zero-order valence-corrected chi connectivity index (χ0v) is 15.0. The maximum absolute atomic E-state index is 9.08. The lowest BCUT2D eigenvalue weighted by atomic mass is 10.2. The number of hydrogen-bond donors (Lipinski definition) is 0. The van der Waals surface area contributed by atoms with E-state index in [4.69, 9.17) is 26.3 Å². The smallest absolute Gasteiger partial charge is 0.217 e. The first kappa shape index (κ1) is 17.8. The van der Waals surface area contributed by atoms with Gasteiger partial charge in [-0.2, -0.15) is 5.26 Å². The van der Waals surface area contributed by atoms with E-state index in [1.165, 1.54) is 0 Å². The fourth-order valence-corrected chi connectivity index (χ4v) is 2.66. The molecular weight excluding hydrogens is 348 g/mol. The Morgan fingerprint density at radius 3 is 2.65 bits per heavy atom. The Hall–Kier alpha value is -3.03. The second-order valence-corrected chi connectivity index (χ2v) is 6.08. The molecule has 0 amide bonds. The molecule has 0 aliphatic heterocycles. The molecule has 0 spiro atoms. The van der Waals surface area contributed by atoms with Gasteiger partial charge in [0, 0.05) is 22.8 Å². The van der Waals surface area contributed by atoms with Crippen LogP contribution in [-0.2, 0) is 13.0 Å². The van der Waals surface area contributed by atoms with Gasteiger partial charge in [-0.05, 0) is 30.2 Å². The summed E-state index contributed by atoms with van der Waals surface area (Å²) in [6.45, 7) is 2.45. The molecule has 0 saturated heterocycles. The molecule has 0 atom stereocenters. The molecule has 130 valence electrons. The molecule has 0 radical (unpaired) electrons. The molecule has 1 aromatic heterocycles. The van der Waals surface area contributed by atoms with Crippen molar-refractivity contribution in [3.63, 3.8) is 0 Å². The molecule has 0 aliphatic carbocycles. The summed E-state index contributed by atoms with van der Waals surface area (Å²) in [6.07, 6.45) is 2.50. The molecule has 0 unspecified atom stereocenters. The molecule has 2 aromatic carbocycles. The maximum Gasteiger partial charge on any atom is 0.217 e. The normalized spacial score (nSPS) is 10.2. The van der Waals surface area contributed by atoms with Crippen LogP contribution in [0.5, 0.6) is 17.4 Å². The van der Waals surface area contributed by atoms with Gasteiger partial charge < -0.3 is 9.47 Å². The van der Waals surface area contributed by atoms with Crippen LogP contribution in [-0.4, -0.2) is 4.98 Å². The van der Waals surface area contributed by atoms with Crippen LogP contribution in [0, 0.1) is 11.3 Å². The Labute approximate surface area is 157 Å². The standard InChI is InChI=1S/C21H17ClN2O2/c1-2-17-13-24-21(25-14-15-6-4-3-5-7-15)11-20(17)26-19-9-16(12-23)8-18(22)10-19/h3-11,13H,2,14H2,1H3. The van der Waals surface area contributed by atoms with E-state index in [1.54, 1.807) is 30.5 Å². The molecule has 0 bridgehead atoms. The van der Waals surface area contributed by atoms with Crippen LogP contribution in [0.4, 0.5) is 0 Å². The van der Waals surface area contributed by atoms with E-state index in [0.717, 1.165) is 17.5 Å². The van der Waals surface area contributed by atoms with Crippen molar-refractivity contribution >= 4 is 11.6 Å². The number of pyridine rings is 1. The van der Waals surface area contributed by atoms with E-state index in [9.17, 15) is 0 Å².